The Labute approximate surface area is 201 Å². The number of carbonyl (C=O) groups excluding carboxylic acids is 2. The quantitative estimate of drug-likeness (QED) is 0.311. The summed E-state index contributed by atoms with van der Waals surface area (Å²) < 4.78 is 68.6. The summed E-state index contributed by atoms with van der Waals surface area (Å²) in [5.74, 6) is -3.67. The average Bonchev–Trinajstić information content (AvgIpc) is 2.80. The minimum absolute atomic E-state index is 0.441. The Bertz CT molecular complexity index is 1130. The number of aromatic nitrogens is 1. The molecular formula is C23H22BrF5N2O3. The van der Waals surface area contributed by atoms with Gasteiger partial charge in [-0.25, -0.2) is 8.78 Å². The fourth-order valence-electron chi connectivity index (χ4n) is 2.51. The number of rotatable bonds is 3. The summed E-state index contributed by atoms with van der Waals surface area (Å²) in [6, 6.07) is 7.71. The summed E-state index contributed by atoms with van der Waals surface area (Å²) in [6.07, 6.45) is -3.50. The SMILES string of the molecule is CC.COC(=O)CNC(=O)c1c(F)cccc1F.Cc1ccc(Br)c2ncc(C(F)(F)F)cc12. The van der Waals surface area contributed by atoms with Gasteiger partial charge in [0.15, 0.2) is 0 Å². The number of halogens is 6. The molecule has 3 aromatic rings. The maximum absolute atomic E-state index is 13.1. The molecule has 1 N–H and O–H groups in total. The third-order valence-corrected chi connectivity index (χ3v) is 4.80. The highest BCUT2D eigenvalue weighted by molar-refractivity contribution is 9.10. The van der Waals surface area contributed by atoms with E-state index in [-0.39, 0.29) is 0 Å². The minimum atomic E-state index is -4.35. The van der Waals surface area contributed by atoms with Crippen molar-refractivity contribution in [3.63, 3.8) is 0 Å². The third-order valence-electron chi connectivity index (χ3n) is 4.16. The van der Waals surface area contributed by atoms with Gasteiger partial charge in [0, 0.05) is 16.1 Å². The molecule has 0 saturated heterocycles. The van der Waals surface area contributed by atoms with Gasteiger partial charge in [-0.15, -0.1) is 0 Å². The van der Waals surface area contributed by atoms with Crippen LogP contribution in [0.2, 0.25) is 0 Å². The van der Waals surface area contributed by atoms with Crippen LogP contribution in [0.25, 0.3) is 10.9 Å². The van der Waals surface area contributed by atoms with Gasteiger partial charge in [0.2, 0.25) is 0 Å². The van der Waals surface area contributed by atoms with Gasteiger partial charge in [0.25, 0.3) is 5.91 Å². The second kappa shape index (κ2) is 13.0. The molecule has 1 amide bonds. The predicted octanol–water partition coefficient (Wildman–Crippen LogP) is 6.22. The number of aryl methyl sites for hydroxylation is 1. The van der Waals surface area contributed by atoms with Crippen LogP contribution >= 0.6 is 15.9 Å². The van der Waals surface area contributed by atoms with Crippen molar-refractivity contribution in [2.24, 2.45) is 0 Å². The van der Waals surface area contributed by atoms with Crippen LogP contribution in [-0.2, 0) is 15.7 Å². The molecule has 0 unspecified atom stereocenters. The van der Waals surface area contributed by atoms with E-state index in [2.05, 4.69) is 25.7 Å². The molecular weight excluding hydrogens is 527 g/mol. The molecule has 0 saturated carbocycles. The Balaban J connectivity index is 0.000000317. The number of amides is 1. The second-order valence-corrected chi connectivity index (χ2v) is 7.19. The molecule has 11 heteroatoms. The Morgan fingerprint density at radius 3 is 2.21 bits per heavy atom. The van der Waals surface area contributed by atoms with Crippen LogP contribution in [0.4, 0.5) is 22.0 Å². The predicted molar refractivity (Wildman–Crippen MR) is 121 cm³/mol. The fraction of sp³-hybridized carbons (Fsp3) is 0.261. The van der Waals surface area contributed by atoms with Crippen LogP contribution < -0.4 is 5.32 Å². The van der Waals surface area contributed by atoms with Crippen LogP contribution in [0, 0.1) is 18.6 Å². The van der Waals surface area contributed by atoms with E-state index in [1.165, 1.54) is 0 Å². The Kier molecular flexibility index (Phi) is 11.0. The molecule has 34 heavy (non-hydrogen) atoms. The van der Waals surface area contributed by atoms with Crippen LogP contribution in [-0.4, -0.2) is 30.5 Å². The maximum Gasteiger partial charge on any atom is 0.417 e. The van der Waals surface area contributed by atoms with E-state index in [1.54, 1.807) is 19.1 Å². The van der Waals surface area contributed by atoms with Crippen molar-refractivity contribution >= 4 is 38.7 Å². The van der Waals surface area contributed by atoms with Crippen molar-refractivity contribution in [1.29, 1.82) is 0 Å². The molecule has 0 aliphatic rings. The van der Waals surface area contributed by atoms with Gasteiger partial charge >= 0.3 is 12.1 Å². The Morgan fingerprint density at radius 2 is 1.68 bits per heavy atom. The number of pyridine rings is 1. The molecule has 184 valence electrons. The van der Waals surface area contributed by atoms with Gasteiger partial charge in [-0.05, 0) is 52.7 Å². The zero-order valence-corrected chi connectivity index (χ0v) is 20.3. The zero-order chi connectivity index (χ0) is 26.1. The smallest absolute Gasteiger partial charge is 0.417 e. The van der Waals surface area contributed by atoms with E-state index in [0.717, 1.165) is 43.1 Å². The summed E-state index contributed by atoms with van der Waals surface area (Å²) in [6.45, 7) is 5.32. The number of ether oxygens (including phenoxy) is 1. The number of benzene rings is 2. The first-order valence-electron chi connectivity index (χ1n) is 9.86. The lowest BCUT2D eigenvalue weighted by atomic mass is 10.1. The number of methoxy groups -OCH3 is 1. The highest BCUT2D eigenvalue weighted by Crippen LogP contribution is 2.33. The lowest BCUT2D eigenvalue weighted by Crippen LogP contribution is -2.31. The van der Waals surface area contributed by atoms with Crippen molar-refractivity contribution in [3.8, 4) is 0 Å². The maximum atomic E-state index is 13.1. The van der Waals surface area contributed by atoms with Gasteiger partial charge < -0.3 is 10.1 Å². The normalized spacial score (nSPS) is 10.4. The highest BCUT2D eigenvalue weighted by Gasteiger charge is 2.31. The second-order valence-electron chi connectivity index (χ2n) is 6.34. The van der Waals surface area contributed by atoms with E-state index in [0.29, 0.717) is 15.4 Å². The lowest BCUT2D eigenvalue weighted by molar-refractivity contribution is -0.139. The van der Waals surface area contributed by atoms with Crippen molar-refractivity contribution in [2.75, 3.05) is 13.7 Å². The molecule has 5 nitrogen and oxygen atoms in total. The number of carbonyl (C=O) groups is 2. The number of nitrogens with one attached hydrogen (secondary N) is 1. The summed E-state index contributed by atoms with van der Waals surface area (Å²) >= 11 is 3.26. The third kappa shape index (κ3) is 7.75. The summed E-state index contributed by atoms with van der Waals surface area (Å²) in [5, 5.41) is 2.56. The van der Waals surface area contributed by atoms with Crippen molar-refractivity contribution in [3.05, 3.63) is 75.4 Å². The summed E-state index contributed by atoms with van der Waals surface area (Å²) in [4.78, 5) is 25.8. The van der Waals surface area contributed by atoms with Gasteiger partial charge in [0.05, 0.1) is 18.2 Å². The van der Waals surface area contributed by atoms with E-state index in [1.807, 2.05) is 19.2 Å². The van der Waals surface area contributed by atoms with E-state index < -0.39 is 47.4 Å². The largest absolute Gasteiger partial charge is 0.468 e. The number of alkyl halides is 3. The molecule has 0 aliphatic carbocycles. The molecule has 0 spiro atoms. The first-order valence-corrected chi connectivity index (χ1v) is 10.7. The molecule has 0 aliphatic heterocycles. The van der Waals surface area contributed by atoms with Crippen LogP contribution in [0.3, 0.4) is 0 Å². The number of hydrogen-bond donors (Lipinski definition) is 1. The van der Waals surface area contributed by atoms with Crippen molar-refractivity contribution < 1.29 is 36.3 Å². The topological polar surface area (TPSA) is 68.3 Å². The fourth-order valence-corrected chi connectivity index (χ4v) is 2.95. The van der Waals surface area contributed by atoms with Gasteiger partial charge in [0.1, 0.15) is 23.7 Å². The van der Waals surface area contributed by atoms with Crippen LogP contribution in [0.5, 0.6) is 0 Å². The number of hydrogen-bond acceptors (Lipinski definition) is 4. The van der Waals surface area contributed by atoms with Gasteiger partial charge in [-0.1, -0.05) is 26.0 Å². The van der Waals surface area contributed by atoms with Gasteiger partial charge in [-0.2, -0.15) is 13.2 Å². The standard InChI is InChI=1S/C11H7BrF3N.C10H9F2NO3.C2H6/c1-6-2-3-9(12)10-8(6)4-7(5-16-10)11(13,14)15;1-16-8(14)5-13-10(15)9-6(11)3-2-4-7(9)12;1-2/h2-5H,1H3;2-4H,5H2,1H3,(H,13,15);1-2H3. The summed E-state index contributed by atoms with van der Waals surface area (Å²) in [7, 11) is 1.14. The molecule has 0 fully saturated rings. The van der Waals surface area contributed by atoms with Crippen LogP contribution in [0.1, 0.15) is 35.3 Å². The average molecular weight is 549 g/mol. The van der Waals surface area contributed by atoms with Crippen molar-refractivity contribution in [2.45, 2.75) is 26.9 Å². The van der Waals surface area contributed by atoms with E-state index in [4.69, 9.17) is 0 Å². The van der Waals surface area contributed by atoms with E-state index in [9.17, 15) is 31.5 Å². The Morgan fingerprint density at radius 1 is 1.09 bits per heavy atom. The monoisotopic (exact) mass is 548 g/mol. The lowest BCUT2D eigenvalue weighted by Gasteiger charge is -2.09. The van der Waals surface area contributed by atoms with E-state index >= 15 is 0 Å². The molecule has 0 atom stereocenters. The highest BCUT2D eigenvalue weighted by atomic mass is 79.9. The van der Waals surface area contributed by atoms with Crippen molar-refractivity contribution in [1.82, 2.24) is 10.3 Å². The zero-order valence-electron chi connectivity index (χ0n) is 18.7. The number of nitrogens with zero attached hydrogens (tertiary/aromatic N) is 1. The molecule has 3 rings (SSSR count). The first-order chi connectivity index (χ1) is 16.0. The molecule has 2 aromatic carbocycles. The van der Waals surface area contributed by atoms with Gasteiger partial charge in [-0.3, -0.25) is 14.6 Å². The van der Waals surface area contributed by atoms with Crippen LogP contribution in [0.15, 0.2) is 47.1 Å². The number of esters is 1. The first kappa shape index (κ1) is 29.0. The molecule has 1 heterocycles. The molecule has 0 radical (unpaired) electrons. The summed E-state index contributed by atoms with van der Waals surface area (Å²) in [5.41, 5.74) is -0.114. The minimum Gasteiger partial charge on any atom is -0.468 e. The molecule has 0 bridgehead atoms. The molecule has 1 aromatic heterocycles. The Hall–Kier alpha value is -3.08. The number of fused-ring (bicyclic) bond motifs is 1.